The molecule has 0 fully saturated rings. The molecule has 0 atom stereocenters. The van der Waals surface area contributed by atoms with Gasteiger partial charge in [0.2, 0.25) is 5.69 Å². The molecule has 0 spiro atoms. The first kappa shape index (κ1) is 33.7. The lowest BCUT2D eigenvalue weighted by Crippen LogP contribution is -2.08. The number of rotatable bonds is 4. The highest BCUT2D eigenvalue weighted by Crippen LogP contribution is 2.53. The van der Waals surface area contributed by atoms with E-state index in [-0.39, 0.29) is 0 Å². The average molecular weight is 792 g/mol. The molecule has 0 aliphatic heterocycles. The van der Waals surface area contributed by atoms with Gasteiger partial charge in [0.15, 0.2) is 0 Å². The molecule has 9 aromatic carbocycles. The van der Waals surface area contributed by atoms with Crippen LogP contribution in [0.25, 0.3) is 124 Å². The summed E-state index contributed by atoms with van der Waals surface area (Å²) in [5.74, 6) is 0. The first-order valence-electron chi connectivity index (χ1n) is 20.2. The van der Waals surface area contributed by atoms with E-state index < -0.39 is 0 Å². The minimum atomic E-state index is 0.414. The quantitative estimate of drug-likeness (QED) is 0.132. The molecule has 4 aromatic heterocycles. The van der Waals surface area contributed by atoms with Gasteiger partial charge in [-0.15, -0.1) is 11.3 Å². The largest absolute Gasteiger partial charge is 0.318 e. The van der Waals surface area contributed by atoms with E-state index in [2.05, 4.69) is 141 Å². The average Bonchev–Trinajstić information content (AvgIpc) is 3.97. The first-order valence-corrected chi connectivity index (χ1v) is 21.0. The van der Waals surface area contributed by atoms with Crippen LogP contribution in [-0.4, -0.2) is 14.1 Å². The van der Waals surface area contributed by atoms with Crippen LogP contribution < -0.4 is 0 Å². The molecular formula is C55H29N5S. The molecule has 0 saturated carbocycles. The van der Waals surface area contributed by atoms with E-state index in [1.54, 1.807) is 11.3 Å². The number of benzene rings is 9. The molecule has 280 valence electrons. The van der Waals surface area contributed by atoms with Crippen molar-refractivity contribution in [3.8, 4) is 39.7 Å². The van der Waals surface area contributed by atoms with Crippen LogP contribution in [0.15, 0.2) is 176 Å². The Bertz CT molecular complexity index is 3980. The molecule has 5 nitrogen and oxygen atoms in total. The zero-order chi connectivity index (χ0) is 40.3. The van der Waals surface area contributed by atoms with Gasteiger partial charge >= 0.3 is 0 Å². The van der Waals surface area contributed by atoms with Gasteiger partial charge in [-0.1, -0.05) is 133 Å². The lowest BCUT2D eigenvalue weighted by atomic mass is 9.88. The Morgan fingerprint density at radius 2 is 1.11 bits per heavy atom. The summed E-state index contributed by atoms with van der Waals surface area (Å²) in [4.78, 5) is 9.51. The Morgan fingerprint density at radius 1 is 0.492 bits per heavy atom. The van der Waals surface area contributed by atoms with Crippen molar-refractivity contribution in [2.45, 2.75) is 0 Å². The minimum absolute atomic E-state index is 0.414. The lowest BCUT2D eigenvalue weighted by Gasteiger charge is -2.25. The molecule has 0 aliphatic carbocycles. The lowest BCUT2D eigenvalue weighted by molar-refractivity contribution is 1.13. The summed E-state index contributed by atoms with van der Waals surface area (Å²) in [7, 11) is 0. The molecule has 13 aromatic rings. The van der Waals surface area contributed by atoms with Gasteiger partial charge in [0, 0.05) is 64.4 Å². The third-order valence-corrected chi connectivity index (χ3v) is 13.7. The molecule has 0 bridgehead atoms. The fraction of sp³-hybridized carbons (Fsp3) is 0. The second-order valence-corrected chi connectivity index (χ2v) is 16.7. The maximum absolute atomic E-state index is 11.7. The maximum Gasteiger partial charge on any atom is 0.220 e. The van der Waals surface area contributed by atoms with Gasteiger partial charge in [-0.2, -0.15) is 5.26 Å². The number of para-hydroxylation sites is 1. The van der Waals surface area contributed by atoms with Crippen molar-refractivity contribution < 1.29 is 0 Å². The molecule has 6 heteroatoms. The fourth-order valence-electron chi connectivity index (χ4n) is 10.2. The SMILES string of the molecule is [C-]#[N+]c1c(-c2ccccc2)c(C#N)c(-n2c3ccccc3c3cc4c(cc32)sc2ccccc24)c(-c2ccccc2)c1-n1c2cccc3c4ccccc4c4nccc1c4c32. The zero-order valence-corrected chi connectivity index (χ0v) is 33.2. The third-order valence-electron chi connectivity index (χ3n) is 12.6. The molecule has 0 unspecified atom stereocenters. The van der Waals surface area contributed by atoms with E-state index in [0.717, 1.165) is 93.4 Å². The topological polar surface area (TPSA) is 50.9 Å². The van der Waals surface area contributed by atoms with Gasteiger partial charge in [-0.05, 0) is 58.3 Å². The maximum atomic E-state index is 11.7. The Morgan fingerprint density at radius 3 is 1.89 bits per heavy atom. The smallest absolute Gasteiger partial charge is 0.220 e. The number of nitrogens with zero attached hydrogens (tertiary/aromatic N) is 5. The second kappa shape index (κ2) is 12.6. The number of hydrogen-bond acceptors (Lipinski definition) is 3. The van der Waals surface area contributed by atoms with E-state index in [1.165, 1.54) is 20.2 Å². The van der Waals surface area contributed by atoms with E-state index in [4.69, 9.17) is 11.6 Å². The normalized spacial score (nSPS) is 11.9. The standard InChI is InChI=1S/C55H29N5S/c1-57-53-48(32-15-4-2-5-16-32)41(31-56)54(59-42-24-12-10-20-35(42)39-29-40-36-21-11-13-26-46(36)61-47(40)30-45(39)59)49(33-17-6-3-7-18-33)55(53)60-43-25-14-23-37-34-19-8-9-22-38(34)52-51(50(37)43)44(60)27-28-58-52/h2-30H. The molecule has 0 saturated heterocycles. The van der Waals surface area contributed by atoms with E-state index >= 15 is 0 Å². The molecule has 4 heterocycles. The summed E-state index contributed by atoms with van der Waals surface area (Å²) < 4.78 is 7.00. The highest BCUT2D eigenvalue weighted by atomic mass is 32.1. The highest BCUT2D eigenvalue weighted by molar-refractivity contribution is 7.25. The van der Waals surface area contributed by atoms with Crippen LogP contribution in [0, 0.1) is 17.9 Å². The van der Waals surface area contributed by atoms with Crippen LogP contribution in [0.2, 0.25) is 0 Å². The van der Waals surface area contributed by atoms with E-state index in [1.807, 2.05) is 54.7 Å². The predicted molar refractivity (Wildman–Crippen MR) is 254 cm³/mol. The van der Waals surface area contributed by atoms with Crippen LogP contribution in [0.3, 0.4) is 0 Å². The summed E-state index contributed by atoms with van der Waals surface area (Å²) in [5.41, 5.74) is 10.3. The predicted octanol–water partition coefficient (Wildman–Crippen LogP) is 15.1. The number of fused-ring (bicyclic) bond motifs is 9. The van der Waals surface area contributed by atoms with Crippen LogP contribution in [0.1, 0.15) is 5.56 Å². The highest BCUT2D eigenvalue weighted by Gasteiger charge is 2.32. The summed E-state index contributed by atoms with van der Waals surface area (Å²) in [6.45, 7) is 9.16. The van der Waals surface area contributed by atoms with Crippen LogP contribution >= 0.6 is 11.3 Å². The number of pyridine rings is 1. The second-order valence-electron chi connectivity index (χ2n) is 15.6. The summed E-state index contributed by atoms with van der Waals surface area (Å²) >= 11 is 1.79. The Hall–Kier alpha value is -8.29. The number of aromatic nitrogens is 3. The molecule has 0 amide bonds. The van der Waals surface area contributed by atoms with E-state index in [9.17, 15) is 5.26 Å². The van der Waals surface area contributed by atoms with Crippen molar-refractivity contribution >= 4 is 102 Å². The molecule has 0 radical (unpaired) electrons. The molecule has 0 N–H and O–H groups in total. The molecule has 61 heavy (non-hydrogen) atoms. The van der Waals surface area contributed by atoms with Crippen LogP contribution in [0.4, 0.5) is 5.69 Å². The third kappa shape index (κ3) is 4.49. The van der Waals surface area contributed by atoms with Gasteiger partial charge in [0.1, 0.15) is 6.07 Å². The summed E-state index contributed by atoms with van der Waals surface area (Å²) in [5, 5.41) is 21.9. The molecular weight excluding hydrogens is 763 g/mol. The van der Waals surface area contributed by atoms with Crippen molar-refractivity contribution in [3.63, 3.8) is 0 Å². The molecule has 13 rings (SSSR count). The number of nitriles is 1. The van der Waals surface area contributed by atoms with E-state index in [0.29, 0.717) is 16.8 Å². The van der Waals surface area contributed by atoms with Gasteiger partial charge < -0.3 is 9.13 Å². The Balaban J connectivity index is 1.31. The summed E-state index contributed by atoms with van der Waals surface area (Å²) in [6, 6.07) is 61.8. The van der Waals surface area contributed by atoms with Crippen molar-refractivity contribution in [1.82, 2.24) is 14.1 Å². The Kier molecular flexibility index (Phi) is 6.96. The van der Waals surface area contributed by atoms with Gasteiger partial charge in [0.05, 0.1) is 51.1 Å². The van der Waals surface area contributed by atoms with Crippen molar-refractivity contribution in [3.05, 3.63) is 193 Å². The van der Waals surface area contributed by atoms with Crippen molar-refractivity contribution in [2.24, 2.45) is 0 Å². The first-order chi connectivity index (χ1) is 30.2. The number of hydrogen-bond donors (Lipinski definition) is 0. The Labute approximate surface area is 353 Å². The molecule has 0 aliphatic rings. The van der Waals surface area contributed by atoms with Gasteiger partial charge in [-0.3, -0.25) is 4.98 Å². The minimum Gasteiger partial charge on any atom is -0.318 e. The van der Waals surface area contributed by atoms with Crippen molar-refractivity contribution in [1.29, 1.82) is 5.26 Å². The zero-order valence-electron chi connectivity index (χ0n) is 32.4. The van der Waals surface area contributed by atoms with Crippen LogP contribution in [-0.2, 0) is 0 Å². The van der Waals surface area contributed by atoms with Crippen molar-refractivity contribution in [2.75, 3.05) is 0 Å². The monoisotopic (exact) mass is 791 g/mol. The number of thiophene rings is 1. The van der Waals surface area contributed by atoms with Gasteiger partial charge in [0.25, 0.3) is 0 Å². The summed E-state index contributed by atoms with van der Waals surface area (Å²) in [6.07, 6.45) is 1.89. The fourth-order valence-corrected chi connectivity index (χ4v) is 11.3. The van der Waals surface area contributed by atoms with Crippen LogP contribution in [0.5, 0.6) is 0 Å². The van der Waals surface area contributed by atoms with Gasteiger partial charge in [-0.25, -0.2) is 4.85 Å².